The quantitative estimate of drug-likeness (QED) is 0.619. The largest absolute Gasteiger partial charge is 0.469 e. The van der Waals surface area contributed by atoms with Crippen LogP contribution in [0.4, 0.5) is 5.82 Å². The molecule has 0 radical (unpaired) electrons. The number of carbonyl (C=O) groups is 1. The Hall–Kier alpha value is -1.10. The summed E-state index contributed by atoms with van der Waals surface area (Å²) >= 11 is 3.51. The Morgan fingerprint density at radius 1 is 1.44 bits per heavy atom. The summed E-state index contributed by atoms with van der Waals surface area (Å²) in [5.74, 6) is 0.744. The summed E-state index contributed by atoms with van der Waals surface area (Å²) in [5.41, 5.74) is 1.16. The van der Waals surface area contributed by atoms with E-state index in [2.05, 4.69) is 31.0 Å². The molecule has 5 heteroatoms. The Bertz CT molecular complexity index is 397. The van der Waals surface area contributed by atoms with Gasteiger partial charge < -0.3 is 10.1 Å². The number of halogens is 1. The maximum absolute atomic E-state index is 10.9. The van der Waals surface area contributed by atoms with E-state index in [1.807, 2.05) is 13.0 Å². The lowest BCUT2D eigenvalue weighted by molar-refractivity contribution is -0.140. The number of esters is 1. The predicted molar refractivity (Wildman–Crippen MR) is 75.6 cm³/mol. The van der Waals surface area contributed by atoms with Crippen LogP contribution >= 0.6 is 15.9 Å². The van der Waals surface area contributed by atoms with Crippen LogP contribution in [0.25, 0.3) is 0 Å². The zero-order valence-electron chi connectivity index (χ0n) is 10.8. The number of aryl methyl sites for hydroxylation is 1. The van der Waals surface area contributed by atoms with Gasteiger partial charge in [-0.15, -0.1) is 0 Å². The van der Waals surface area contributed by atoms with Crippen molar-refractivity contribution >= 4 is 27.7 Å². The van der Waals surface area contributed by atoms with E-state index in [0.29, 0.717) is 6.42 Å². The van der Waals surface area contributed by atoms with Gasteiger partial charge in [0.2, 0.25) is 0 Å². The van der Waals surface area contributed by atoms with Crippen molar-refractivity contribution in [1.82, 2.24) is 4.98 Å². The topological polar surface area (TPSA) is 51.2 Å². The summed E-state index contributed by atoms with van der Waals surface area (Å²) < 4.78 is 5.60. The normalized spacial score (nSPS) is 10.2. The molecule has 0 fully saturated rings. The van der Waals surface area contributed by atoms with Gasteiger partial charge in [0.1, 0.15) is 5.82 Å². The summed E-state index contributed by atoms with van der Waals surface area (Å²) in [6.45, 7) is 2.89. The molecule has 0 spiro atoms. The first-order valence-electron chi connectivity index (χ1n) is 6.07. The van der Waals surface area contributed by atoms with Gasteiger partial charge in [-0.3, -0.25) is 4.79 Å². The first kappa shape index (κ1) is 15.0. The molecule has 0 aliphatic carbocycles. The molecule has 0 unspecified atom stereocenters. The number of hydrogen-bond acceptors (Lipinski definition) is 4. The zero-order chi connectivity index (χ0) is 13.4. The summed E-state index contributed by atoms with van der Waals surface area (Å²) in [6.07, 6.45) is 5.18. The molecule has 1 aromatic rings. The van der Waals surface area contributed by atoms with Crippen LogP contribution in [0, 0.1) is 6.92 Å². The molecule has 100 valence electrons. The summed E-state index contributed by atoms with van der Waals surface area (Å²) in [7, 11) is 1.42. The molecule has 18 heavy (non-hydrogen) atoms. The zero-order valence-corrected chi connectivity index (χ0v) is 12.4. The van der Waals surface area contributed by atoms with Crippen molar-refractivity contribution in [1.29, 1.82) is 0 Å². The second kappa shape index (κ2) is 8.08. The van der Waals surface area contributed by atoms with E-state index in [0.717, 1.165) is 41.7 Å². The van der Waals surface area contributed by atoms with E-state index in [1.165, 1.54) is 7.11 Å². The van der Waals surface area contributed by atoms with Crippen molar-refractivity contribution in [3.05, 3.63) is 22.3 Å². The fourth-order valence-corrected chi connectivity index (χ4v) is 1.92. The predicted octanol–water partition coefficient (Wildman–Crippen LogP) is 3.30. The third-order valence-corrected chi connectivity index (χ3v) is 3.66. The van der Waals surface area contributed by atoms with Gasteiger partial charge in [0, 0.05) is 19.2 Å². The van der Waals surface area contributed by atoms with Crippen molar-refractivity contribution in [3.8, 4) is 0 Å². The van der Waals surface area contributed by atoms with Crippen LogP contribution in [0.1, 0.15) is 31.2 Å². The molecule has 0 saturated heterocycles. The van der Waals surface area contributed by atoms with Gasteiger partial charge in [0.15, 0.2) is 0 Å². The van der Waals surface area contributed by atoms with Crippen LogP contribution in [0.2, 0.25) is 0 Å². The van der Waals surface area contributed by atoms with Crippen LogP contribution in [-0.4, -0.2) is 24.6 Å². The van der Waals surface area contributed by atoms with Crippen LogP contribution in [-0.2, 0) is 9.53 Å². The molecule has 1 aromatic heterocycles. The van der Waals surface area contributed by atoms with Crippen molar-refractivity contribution in [2.45, 2.75) is 32.6 Å². The number of nitrogens with zero attached hydrogens (tertiary/aromatic N) is 1. The molecular weight excluding hydrogens is 296 g/mol. The fraction of sp³-hybridized carbons (Fsp3) is 0.538. The average Bonchev–Trinajstić information content (AvgIpc) is 2.38. The highest BCUT2D eigenvalue weighted by Crippen LogP contribution is 2.23. The van der Waals surface area contributed by atoms with Gasteiger partial charge in [0.05, 0.1) is 11.6 Å². The maximum Gasteiger partial charge on any atom is 0.305 e. The first-order valence-corrected chi connectivity index (χ1v) is 6.86. The van der Waals surface area contributed by atoms with Gasteiger partial charge >= 0.3 is 5.97 Å². The monoisotopic (exact) mass is 314 g/mol. The van der Waals surface area contributed by atoms with E-state index in [-0.39, 0.29) is 5.97 Å². The van der Waals surface area contributed by atoms with E-state index < -0.39 is 0 Å². The second-order valence-electron chi connectivity index (χ2n) is 4.10. The van der Waals surface area contributed by atoms with Gasteiger partial charge in [0.25, 0.3) is 0 Å². The van der Waals surface area contributed by atoms with Crippen molar-refractivity contribution in [3.63, 3.8) is 0 Å². The minimum absolute atomic E-state index is 0.133. The third kappa shape index (κ3) is 5.04. The molecule has 0 atom stereocenters. The number of nitrogens with one attached hydrogen (secondary N) is 1. The highest BCUT2D eigenvalue weighted by atomic mass is 79.9. The van der Waals surface area contributed by atoms with Gasteiger partial charge in [-0.25, -0.2) is 4.98 Å². The number of carbonyl (C=O) groups excluding carboxylic acids is 1. The maximum atomic E-state index is 10.9. The van der Waals surface area contributed by atoms with E-state index in [9.17, 15) is 4.79 Å². The number of unbranched alkanes of at least 4 members (excludes halogenated alkanes) is 2. The van der Waals surface area contributed by atoms with E-state index >= 15 is 0 Å². The standard InChI is InChI=1S/C13H19BrN2O2/c1-10-7-9-16-13(12(10)14)15-8-5-3-4-6-11(17)18-2/h7,9H,3-6,8H2,1-2H3,(H,15,16). The minimum atomic E-state index is -0.133. The molecule has 1 N–H and O–H groups in total. The Kier molecular flexibility index (Phi) is 6.72. The SMILES string of the molecule is COC(=O)CCCCCNc1nccc(C)c1Br. The Labute approximate surface area is 116 Å². The number of ether oxygens (including phenoxy) is 1. The summed E-state index contributed by atoms with van der Waals surface area (Å²) in [6, 6.07) is 1.96. The molecule has 1 rings (SSSR count). The van der Waals surface area contributed by atoms with Gasteiger partial charge in [-0.05, 0) is 47.3 Å². The lowest BCUT2D eigenvalue weighted by atomic mass is 10.2. The number of anilines is 1. The van der Waals surface area contributed by atoms with Crippen LogP contribution in [0.3, 0.4) is 0 Å². The van der Waals surface area contributed by atoms with Gasteiger partial charge in [-0.1, -0.05) is 6.42 Å². The first-order chi connectivity index (χ1) is 8.65. The molecule has 0 aliphatic rings. The van der Waals surface area contributed by atoms with Crippen LogP contribution in [0.15, 0.2) is 16.7 Å². The molecule has 0 bridgehead atoms. The Morgan fingerprint density at radius 3 is 2.94 bits per heavy atom. The number of methoxy groups -OCH3 is 1. The smallest absolute Gasteiger partial charge is 0.305 e. The van der Waals surface area contributed by atoms with Crippen molar-refractivity contribution in [2.24, 2.45) is 0 Å². The number of aromatic nitrogens is 1. The van der Waals surface area contributed by atoms with Crippen molar-refractivity contribution in [2.75, 3.05) is 19.0 Å². The molecule has 0 amide bonds. The highest BCUT2D eigenvalue weighted by Gasteiger charge is 2.03. The number of hydrogen-bond donors (Lipinski definition) is 1. The lowest BCUT2D eigenvalue weighted by Gasteiger charge is -2.08. The van der Waals surface area contributed by atoms with Gasteiger partial charge in [-0.2, -0.15) is 0 Å². The average molecular weight is 315 g/mol. The summed E-state index contributed by atoms with van der Waals surface area (Å²) in [5, 5.41) is 3.28. The van der Waals surface area contributed by atoms with Crippen molar-refractivity contribution < 1.29 is 9.53 Å². The van der Waals surface area contributed by atoms with Crippen LogP contribution < -0.4 is 5.32 Å². The molecule has 0 saturated carbocycles. The summed E-state index contributed by atoms with van der Waals surface area (Å²) in [4.78, 5) is 15.2. The molecule has 4 nitrogen and oxygen atoms in total. The molecule has 1 heterocycles. The minimum Gasteiger partial charge on any atom is -0.469 e. The number of rotatable bonds is 7. The van der Waals surface area contributed by atoms with E-state index in [4.69, 9.17) is 0 Å². The molecule has 0 aromatic carbocycles. The lowest BCUT2D eigenvalue weighted by Crippen LogP contribution is -2.05. The third-order valence-electron chi connectivity index (χ3n) is 2.66. The second-order valence-corrected chi connectivity index (χ2v) is 4.90. The van der Waals surface area contributed by atoms with Crippen LogP contribution in [0.5, 0.6) is 0 Å². The Balaban J connectivity index is 2.18. The number of pyridine rings is 1. The fourth-order valence-electron chi connectivity index (χ4n) is 1.54. The Morgan fingerprint density at radius 2 is 2.22 bits per heavy atom. The highest BCUT2D eigenvalue weighted by molar-refractivity contribution is 9.10. The van der Waals surface area contributed by atoms with E-state index in [1.54, 1.807) is 6.20 Å². The molecule has 0 aliphatic heterocycles. The molecular formula is C13H19BrN2O2.